The minimum atomic E-state index is -0.0787. The van der Waals surface area contributed by atoms with Gasteiger partial charge in [-0.1, -0.05) is 0 Å². The molecule has 5 nitrogen and oxygen atoms in total. The summed E-state index contributed by atoms with van der Waals surface area (Å²) in [5, 5.41) is 11.3. The predicted octanol–water partition coefficient (Wildman–Crippen LogP) is 0.418. The second kappa shape index (κ2) is 6.54. The monoisotopic (exact) mass is 264 g/mol. The van der Waals surface area contributed by atoms with Gasteiger partial charge in [0.25, 0.3) is 5.91 Å². The highest BCUT2D eigenvalue weighted by Gasteiger charge is 2.17. The number of likely N-dealkylation sites (N-methyl/N-ethyl adjacent to an activating group) is 1. The van der Waals surface area contributed by atoms with E-state index in [4.69, 9.17) is 9.84 Å². The Labute approximate surface area is 113 Å². The Kier molecular flexibility index (Phi) is 4.76. The van der Waals surface area contributed by atoms with Crippen molar-refractivity contribution in [2.24, 2.45) is 0 Å². The molecule has 1 amide bonds. The average molecular weight is 264 g/mol. The van der Waals surface area contributed by atoms with Crippen LogP contribution in [0, 0.1) is 0 Å². The molecule has 0 atom stereocenters. The van der Waals surface area contributed by atoms with E-state index < -0.39 is 0 Å². The quantitative estimate of drug-likeness (QED) is 0.731. The lowest BCUT2D eigenvalue weighted by atomic mass is 10.1. The van der Waals surface area contributed by atoms with Crippen LogP contribution in [0.15, 0.2) is 18.2 Å². The lowest BCUT2D eigenvalue weighted by Crippen LogP contribution is -2.27. The lowest BCUT2D eigenvalue weighted by molar-refractivity contribution is 0.0838. The number of ether oxygens (including phenoxy) is 1. The van der Waals surface area contributed by atoms with E-state index in [0.717, 1.165) is 13.0 Å². The van der Waals surface area contributed by atoms with Gasteiger partial charge in [-0.05, 0) is 30.2 Å². The molecule has 1 aromatic rings. The van der Waals surface area contributed by atoms with Crippen LogP contribution in [-0.4, -0.2) is 51.0 Å². The lowest BCUT2D eigenvalue weighted by Gasteiger charge is -2.12. The Balaban J connectivity index is 1.86. The molecule has 1 heterocycles. The molecule has 19 heavy (non-hydrogen) atoms. The number of anilines is 1. The minimum absolute atomic E-state index is 0.00624. The number of fused-ring (bicyclic) bond motifs is 1. The zero-order valence-corrected chi connectivity index (χ0v) is 11.2. The topological polar surface area (TPSA) is 61.8 Å². The summed E-state index contributed by atoms with van der Waals surface area (Å²) in [6.07, 6.45) is 0.993. The zero-order valence-electron chi connectivity index (χ0n) is 11.2. The summed E-state index contributed by atoms with van der Waals surface area (Å²) in [7, 11) is 2.06. The predicted molar refractivity (Wildman–Crippen MR) is 73.7 cm³/mol. The number of aliphatic hydroxyl groups excluding tert-OH is 1. The number of rotatable bonds is 6. The maximum absolute atomic E-state index is 11.9. The first kappa shape index (κ1) is 13.8. The highest BCUT2D eigenvalue weighted by atomic mass is 16.5. The van der Waals surface area contributed by atoms with E-state index in [9.17, 15) is 4.79 Å². The number of benzene rings is 1. The Morgan fingerprint density at radius 1 is 1.47 bits per heavy atom. The Morgan fingerprint density at radius 3 is 3.11 bits per heavy atom. The molecule has 0 saturated carbocycles. The first-order valence-corrected chi connectivity index (χ1v) is 6.53. The van der Waals surface area contributed by atoms with Gasteiger partial charge in [-0.15, -0.1) is 0 Å². The highest BCUT2D eigenvalue weighted by molar-refractivity contribution is 5.95. The van der Waals surface area contributed by atoms with E-state index >= 15 is 0 Å². The molecule has 5 heteroatoms. The summed E-state index contributed by atoms with van der Waals surface area (Å²) < 4.78 is 5.09. The van der Waals surface area contributed by atoms with E-state index in [0.29, 0.717) is 25.3 Å². The highest BCUT2D eigenvalue weighted by Crippen LogP contribution is 2.27. The van der Waals surface area contributed by atoms with E-state index in [1.165, 1.54) is 11.3 Å². The molecule has 0 aliphatic carbocycles. The summed E-state index contributed by atoms with van der Waals surface area (Å²) in [5.41, 5.74) is 3.13. The van der Waals surface area contributed by atoms with Crippen molar-refractivity contribution in [1.29, 1.82) is 0 Å². The van der Waals surface area contributed by atoms with Crippen LogP contribution in [0.1, 0.15) is 15.9 Å². The van der Waals surface area contributed by atoms with Crippen LogP contribution in [-0.2, 0) is 11.2 Å². The molecule has 0 saturated heterocycles. The number of carbonyl (C=O) groups excluding carboxylic acids is 1. The molecule has 1 aliphatic heterocycles. The smallest absolute Gasteiger partial charge is 0.251 e. The Hall–Kier alpha value is -1.59. The molecule has 0 radical (unpaired) electrons. The summed E-state index contributed by atoms with van der Waals surface area (Å²) >= 11 is 0. The van der Waals surface area contributed by atoms with Crippen LogP contribution < -0.4 is 10.2 Å². The van der Waals surface area contributed by atoms with Crippen molar-refractivity contribution in [1.82, 2.24) is 5.32 Å². The number of hydrogen-bond acceptors (Lipinski definition) is 4. The van der Waals surface area contributed by atoms with Crippen molar-refractivity contribution in [2.45, 2.75) is 6.42 Å². The van der Waals surface area contributed by atoms with Gasteiger partial charge in [0.2, 0.25) is 0 Å². The molecule has 1 aliphatic rings. The molecular formula is C14H20N2O3. The van der Waals surface area contributed by atoms with Gasteiger partial charge < -0.3 is 20.1 Å². The Bertz CT molecular complexity index is 448. The fourth-order valence-electron chi connectivity index (χ4n) is 2.21. The number of carbonyl (C=O) groups is 1. The fourth-order valence-corrected chi connectivity index (χ4v) is 2.21. The van der Waals surface area contributed by atoms with Gasteiger partial charge in [0.1, 0.15) is 0 Å². The van der Waals surface area contributed by atoms with E-state index in [-0.39, 0.29) is 12.5 Å². The summed E-state index contributed by atoms with van der Waals surface area (Å²) in [6.45, 7) is 2.19. The zero-order chi connectivity index (χ0) is 13.7. The summed E-state index contributed by atoms with van der Waals surface area (Å²) in [6, 6.07) is 5.81. The fraction of sp³-hybridized carbons (Fsp3) is 0.500. The molecule has 2 rings (SSSR count). The van der Waals surface area contributed by atoms with Gasteiger partial charge in [0, 0.05) is 31.4 Å². The van der Waals surface area contributed by atoms with Crippen LogP contribution >= 0.6 is 0 Å². The van der Waals surface area contributed by atoms with Gasteiger partial charge in [-0.2, -0.15) is 0 Å². The number of aliphatic hydroxyl groups is 1. The van der Waals surface area contributed by atoms with Crippen LogP contribution in [0.5, 0.6) is 0 Å². The number of nitrogens with one attached hydrogen (secondary N) is 1. The second-order valence-electron chi connectivity index (χ2n) is 4.61. The van der Waals surface area contributed by atoms with Crippen molar-refractivity contribution in [3.8, 4) is 0 Å². The first-order chi connectivity index (χ1) is 9.22. The van der Waals surface area contributed by atoms with Gasteiger partial charge in [-0.25, -0.2) is 0 Å². The summed E-state index contributed by atoms with van der Waals surface area (Å²) in [5.74, 6) is -0.0787. The average Bonchev–Trinajstić information content (AvgIpc) is 2.79. The largest absolute Gasteiger partial charge is 0.394 e. The molecule has 0 bridgehead atoms. The third-order valence-corrected chi connectivity index (χ3v) is 3.24. The third kappa shape index (κ3) is 3.45. The number of nitrogens with zero attached hydrogens (tertiary/aromatic N) is 1. The van der Waals surface area contributed by atoms with E-state index in [1.54, 1.807) is 0 Å². The van der Waals surface area contributed by atoms with Crippen LogP contribution in [0.2, 0.25) is 0 Å². The normalized spacial score (nSPS) is 13.5. The molecular weight excluding hydrogens is 244 g/mol. The summed E-state index contributed by atoms with van der Waals surface area (Å²) in [4.78, 5) is 14.1. The minimum Gasteiger partial charge on any atom is -0.394 e. The van der Waals surface area contributed by atoms with Crippen molar-refractivity contribution in [3.63, 3.8) is 0 Å². The molecule has 0 spiro atoms. The maximum atomic E-state index is 11.9. The van der Waals surface area contributed by atoms with Gasteiger partial charge >= 0.3 is 0 Å². The van der Waals surface area contributed by atoms with Gasteiger partial charge in [-0.3, -0.25) is 4.79 Å². The molecule has 0 unspecified atom stereocenters. The molecule has 2 N–H and O–H groups in total. The van der Waals surface area contributed by atoms with E-state index in [1.807, 2.05) is 18.2 Å². The van der Waals surface area contributed by atoms with Gasteiger partial charge in [0.15, 0.2) is 0 Å². The third-order valence-electron chi connectivity index (χ3n) is 3.24. The van der Waals surface area contributed by atoms with Crippen molar-refractivity contribution in [2.75, 3.05) is 44.9 Å². The number of hydrogen-bond donors (Lipinski definition) is 2. The van der Waals surface area contributed by atoms with Crippen LogP contribution in [0.25, 0.3) is 0 Å². The first-order valence-electron chi connectivity index (χ1n) is 6.53. The van der Waals surface area contributed by atoms with E-state index in [2.05, 4.69) is 17.3 Å². The molecule has 0 fully saturated rings. The molecule has 0 aromatic heterocycles. The SMILES string of the molecule is CN1CCc2cc(C(=O)NCCOCCO)ccc21. The standard InChI is InChI=1S/C14H20N2O3/c1-16-6-4-11-10-12(2-3-13(11)16)14(18)15-5-8-19-9-7-17/h2-3,10,17H,4-9H2,1H3,(H,15,18). The Morgan fingerprint density at radius 2 is 2.32 bits per heavy atom. The van der Waals surface area contributed by atoms with Gasteiger partial charge in [0.05, 0.1) is 19.8 Å². The molecule has 1 aromatic carbocycles. The van der Waals surface area contributed by atoms with Crippen LogP contribution in [0.3, 0.4) is 0 Å². The van der Waals surface area contributed by atoms with Crippen molar-refractivity contribution < 1.29 is 14.6 Å². The van der Waals surface area contributed by atoms with Crippen molar-refractivity contribution in [3.05, 3.63) is 29.3 Å². The maximum Gasteiger partial charge on any atom is 0.251 e. The molecule has 104 valence electrons. The second-order valence-corrected chi connectivity index (χ2v) is 4.61. The van der Waals surface area contributed by atoms with Crippen LogP contribution in [0.4, 0.5) is 5.69 Å². The van der Waals surface area contributed by atoms with Crippen molar-refractivity contribution >= 4 is 11.6 Å². The number of amides is 1.